The number of aromatic amines is 1. The summed E-state index contributed by atoms with van der Waals surface area (Å²) < 4.78 is 13.4. The van der Waals surface area contributed by atoms with Gasteiger partial charge in [-0.2, -0.15) is 0 Å². The van der Waals surface area contributed by atoms with Gasteiger partial charge in [0.2, 0.25) is 0 Å². The first kappa shape index (κ1) is 29.7. The van der Waals surface area contributed by atoms with Crippen LogP contribution >= 0.6 is 0 Å². The number of nitrogens with two attached hydrogens (primary N) is 1. The summed E-state index contributed by atoms with van der Waals surface area (Å²) in [6, 6.07) is 8.85. The molecule has 0 unspecified atom stereocenters. The molecule has 38 heavy (non-hydrogen) atoms. The molecule has 0 aliphatic rings. The number of hydrogen-bond donors (Lipinski definition) is 3. The molecule has 5 heteroatoms. The average molecular weight is 509 g/mol. The summed E-state index contributed by atoms with van der Waals surface area (Å²) in [5.74, 6) is -0.263. The van der Waals surface area contributed by atoms with Crippen molar-refractivity contribution in [1.82, 2.24) is 15.3 Å². The summed E-state index contributed by atoms with van der Waals surface area (Å²) in [6.45, 7) is 16.3. The molecule has 4 nitrogen and oxygen atoms in total. The van der Waals surface area contributed by atoms with Crippen LogP contribution in [0.3, 0.4) is 0 Å². The van der Waals surface area contributed by atoms with E-state index in [0.29, 0.717) is 18.2 Å². The molecule has 0 aliphatic heterocycles. The first-order chi connectivity index (χ1) is 18.2. The van der Waals surface area contributed by atoms with E-state index in [1.54, 1.807) is 30.6 Å². The minimum atomic E-state index is -0.263. The van der Waals surface area contributed by atoms with Crippen molar-refractivity contribution in [3.8, 4) is 24.0 Å². The molecule has 0 fully saturated rings. The fourth-order valence-electron chi connectivity index (χ4n) is 4.01. The van der Waals surface area contributed by atoms with Crippen LogP contribution in [0.1, 0.15) is 33.4 Å². The van der Waals surface area contributed by atoms with E-state index in [9.17, 15) is 4.39 Å². The Morgan fingerprint density at radius 3 is 2.39 bits per heavy atom. The fraction of sp³-hybridized carbons (Fsp3) is 0.182. The van der Waals surface area contributed by atoms with Gasteiger partial charge in [-0.1, -0.05) is 37.4 Å². The maximum absolute atomic E-state index is 13.4. The number of halogens is 1. The predicted octanol–water partition coefficient (Wildman–Crippen LogP) is 7.52. The third kappa shape index (κ3) is 7.72. The van der Waals surface area contributed by atoms with Crippen molar-refractivity contribution < 1.29 is 4.39 Å². The fourth-order valence-corrected chi connectivity index (χ4v) is 4.01. The van der Waals surface area contributed by atoms with Crippen molar-refractivity contribution in [2.24, 2.45) is 5.73 Å². The number of fused-ring (bicyclic) bond motifs is 1. The van der Waals surface area contributed by atoms with Gasteiger partial charge in [-0.15, -0.1) is 12.8 Å². The van der Waals surface area contributed by atoms with Gasteiger partial charge in [0.15, 0.2) is 0 Å². The van der Waals surface area contributed by atoms with Crippen LogP contribution in [-0.4, -0.2) is 16.0 Å². The third-order valence-corrected chi connectivity index (χ3v) is 5.84. The number of terminal acetylenes is 1. The van der Waals surface area contributed by atoms with Gasteiger partial charge in [-0.3, -0.25) is 4.98 Å². The van der Waals surface area contributed by atoms with Crippen molar-refractivity contribution in [2.75, 3.05) is 0 Å². The summed E-state index contributed by atoms with van der Waals surface area (Å²) >= 11 is 0. The smallest absolute Gasteiger partial charge is 0.123 e. The molecule has 4 N–H and O–H groups in total. The predicted molar refractivity (Wildman–Crippen MR) is 161 cm³/mol. The Morgan fingerprint density at radius 1 is 1.13 bits per heavy atom. The number of aromatic nitrogens is 2. The molecule has 0 spiro atoms. The minimum Gasteiger partial charge on any atom is -0.399 e. The van der Waals surface area contributed by atoms with E-state index in [4.69, 9.17) is 5.73 Å². The quantitative estimate of drug-likeness (QED) is 0.196. The van der Waals surface area contributed by atoms with Crippen molar-refractivity contribution in [1.29, 1.82) is 0 Å². The second kappa shape index (κ2) is 14.2. The SMILES string of the molecule is C#C.C=C/C(=C\C(=C/C)C(=C)/C=C(Cc1cc2c(-c3ccc(F)cc3)cncc2[nH]1)\C(N)=C/C)NC(C)C. The molecule has 2 aromatic heterocycles. The molecule has 0 bridgehead atoms. The van der Waals surface area contributed by atoms with E-state index in [-0.39, 0.29) is 5.82 Å². The van der Waals surface area contributed by atoms with Crippen LogP contribution in [-0.2, 0) is 6.42 Å². The average Bonchev–Trinajstić information content (AvgIpc) is 3.34. The lowest BCUT2D eigenvalue weighted by Gasteiger charge is -2.13. The highest BCUT2D eigenvalue weighted by molar-refractivity contribution is 5.94. The summed E-state index contributed by atoms with van der Waals surface area (Å²) in [4.78, 5) is 7.84. The number of hydrogen-bond acceptors (Lipinski definition) is 3. The van der Waals surface area contributed by atoms with Crippen molar-refractivity contribution >= 4 is 10.9 Å². The molecule has 3 aromatic rings. The highest BCUT2D eigenvalue weighted by Gasteiger charge is 2.12. The van der Waals surface area contributed by atoms with Crippen LogP contribution in [0.15, 0.2) is 114 Å². The Hall–Kier alpha value is -4.56. The highest BCUT2D eigenvalue weighted by Crippen LogP contribution is 2.30. The van der Waals surface area contributed by atoms with Gasteiger partial charge in [0.05, 0.1) is 11.7 Å². The molecule has 196 valence electrons. The van der Waals surface area contributed by atoms with E-state index >= 15 is 0 Å². The van der Waals surface area contributed by atoms with Gasteiger partial charge in [0.1, 0.15) is 5.82 Å². The van der Waals surface area contributed by atoms with Gasteiger partial charge >= 0.3 is 0 Å². The summed E-state index contributed by atoms with van der Waals surface area (Å²) in [5, 5.41) is 4.41. The normalized spacial score (nSPS) is 12.7. The Bertz CT molecular complexity index is 1410. The maximum atomic E-state index is 13.4. The molecule has 0 aliphatic carbocycles. The van der Waals surface area contributed by atoms with Crippen LogP contribution in [0.4, 0.5) is 4.39 Å². The second-order valence-electron chi connectivity index (χ2n) is 8.91. The lowest BCUT2D eigenvalue weighted by molar-refractivity contribution is 0.628. The number of pyridine rings is 1. The largest absolute Gasteiger partial charge is 0.399 e. The Morgan fingerprint density at radius 2 is 1.82 bits per heavy atom. The van der Waals surface area contributed by atoms with Crippen LogP contribution in [0, 0.1) is 18.7 Å². The van der Waals surface area contributed by atoms with Gasteiger partial charge in [-0.25, -0.2) is 4.39 Å². The van der Waals surface area contributed by atoms with E-state index in [0.717, 1.165) is 50.1 Å². The third-order valence-electron chi connectivity index (χ3n) is 5.84. The standard InChI is InChI=1S/C31H35FN4.C2H2/c1-7-22(15-26(8-2)35-20(4)5)21(6)14-24(30(33)9-3)16-27-17-28-29(18-34-19-31(28)36-27)23-10-12-25(32)13-11-23;1-2/h7-15,17-20,35-36H,2,6,16,33H2,1,3-5H3;1-2H/b22-7+,24-14-,26-15+,30-9+;. The zero-order valence-electron chi connectivity index (χ0n) is 22.7. The number of allylic oxidation sites excluding steroid dienone is 8. The van der Waals surface area contributed by atoms with Crippen molar-refractivity contribution in [3.05, 3.63) is 126 Å². The molecule has 0 radical (unpaired) electrons. The van der Waals surface area contributed by atoms with Crippen LogP contribution < -0.4 is 11.1 Å². The lowest BCUT2D eigenvalue weighted by atomic mass is 9.98. The zero-order chi connectivity index (χ0) is 28.2. The van der Waals surface area contributed by atoms with Gasteiger partial charge in [0, 0.05) is 46.7 Å². The first-order valence-corrected chi connectivity index (χ1v) is 12.4. The lowest BCUT2D eigenvalue weighted by Crippen LogP contribution is -2.20. The van der Waals surface area contributed by atoms with E-state index in [1.165, 1.54) is 12.1 Å². The molecular weight excluding hydrogens is 471 g/mol. The second-order valence-corrected chi connectivity index (χ2v) is 8.91. The molecular formula is C33H37FN4. The Labute approximate surface area is 226 Å². The van der Waals surface area contributed by atoms with Crippen molar-refractivity contribution in [3.63, 3.8) is 0 Å². The number of nitrogens with zero attached hydrogens (tertiary/aromatic N) is 1. The topological polar surface area (TPSA) is 66.7 Å². The first-order valence-electron chi connectivity index (χ1n) is 12.4. The molecule has 1 aromatic carbocycles. The monoisotopic (exact) mass is 508 g/mol. The summed E-state index contributed by atoms with van der Waals surface area (Å²) in [5.41, 5.74) is 14.6. The zero-order valence-corrected chi connectivity index (χ0v) is 22.7. The van der Waals surface area contributed by atoms with Gasteiger partial charge < -0.3 is 16.0 Å². The van der Waals surface area contributed by atoms with Crippen LogP contribution in [0.5, 0.6) is 0 Å². The summed E-state index contributed by atoms with van der Waals surface area (Å²) in [6.07, 6.45) is 22.0. The van der Waals surface area contributed by atoms with E-state index < -0.39 is 0 Å². The molecule has 0 saturated carbocycles. The maximum Gasteiger partial charge on any atom is 0.123 e. The van der Waals surface area contributed by atoms with Crippen LogP contribution in [0.25, 0.3) is 22.0 Å². The number of H-pyrrole nitrogens is 1. The van der Waals surface area contributed by atoms with Crippen LogP contribution in [0.2, 0.25) is 0 Å². The number of rotatable bonds is 10. The Balaban J connectivity index is 0.00000247. The molecule has 0 saturated heterocycles. The highest BCUT2D eigenvalue weighted by atomic mass is 19.1. The molecule has 2 heterocycles. The van der Waals surface area contributed by atoms with Gasteiger partial charge in [-0.05, 0) is 86.4 Å². The van der Waals surface area contributed by atoms with E-state index in [1.807, 2.05) is 38.2 Å². The number of benzene rings is 1. The summed E-state index contributed by atoms with van der Waals surface area (Å²) in [7, 11) is 0. The number of nitrogens with one attached hydrogen (secondary N) is 2. The van der Waals surface area contributed by atoms with Crippen molar-refractivity contribution in [2.45, 2.75) is 40.2 Å². The molecule has 0 atom stereocenters. The Kier molecular flexibility index (Phi) is 11.1. The molecule has 0 amide bonds. The molecule has 3 rings (SSSR count). The van der Waals surface area contributed by atoms with Gasteiger partial charge in [0.25, 0.3) is 0 Å². The minimum absolute atomic E-state index is 0.263. The van der Waals surface area contributed by atoms with E-state index in [2.05, 4.69) is 61.2 Å².